The summed E-state index contributed by atoms with van der Waals surface area (Å²) in [5.74, 6) is -0.0951. The highest BCUT2D eigenvalue weighted by atomic mass is 16.2. The first kappa shape index (κ1) is 18.0. The molecule has 144 valence electrons. The van der Waals surface area contributed by atoms with Gasteiger partial charge in [0.2, 0.25) is 11.8 Å². The quantitative estimate of drug-likeness (QED) is 0.692. The van der Waals surface area contributed by atoms with Crippen molar-refractivity contribution in [3.8, 4) is 0 Å². The van der Waals surface area contributed by atoms with Crippen LogP contribution in [-0.2, 0) is 22.7 Å². The molecule has 1 aromatic heterocycles. The zero-order chi connectivity index (χ0) is 19.7. The molecule has 1 heterocycles. The summed E-state index contributed by atoms with van der Waals surface area (Å²) in [5.41, 5.74) is 2.68. The Hall–Kier alpha value is -3.35. The fraction of sp³-hybridized carbons (Fsp3) is 0.286. The monoisotopic (exact) mass is 378 g/mol. The third-order valence-electron chi connectivity index (χ3n) is 4.93. The van der Waals surface area contributed by atoms with E-state index in [1.807, 2.05) is 31.2 Å². The minimum Gasteiger partial charge on any atom is -0.326 e. The van der Waals surface area contributed by atoms with E-state index in [0.29, 0.717) is 17.9 Å². The van der Waals surface area contributed by atoms with Crippen molar-refractivity contribution in [2.45, 2.75) is 32.9 Å². The third kappa shape index (κ3) is 3.55. The Balaban J connectivity index is 1.46. The van der Waals surface area contributed by atoms with Gasteiger partial charge in [0.1, 0.15) is 6.54 Å². The predicted octanol–water partition coefficient (Wildman–Crippen LogP) is 2.81. The van der Waals surface area contributed by atoms with Gasteiger partial charge in [-0.05, 0) is 56.2 Å². The number of rotatable bonds is 6. The predicted molar refractivity (Wildman–Crippen MR) is 108 cm³/mol. The number of benzene rings is 2. The van der Waals surface area contributed by atoms with Crippen molar-refractivity contribution in [3.63, 3.8) is 0 Å². The molecule has 0 radical (unpaired) electrons. The van der Waals surface area contributed by atoms with Crippen LogP contribution in [0.25, 0.3) is 11.0 Å². The lowest BCUT2D eigenvalue weighted by Gasteiger charge is -2.08. The molecule has 7 heteroatoms. The number of fused-ring (bicyclic) bond motifs is 1. The third-order valence-corrected chi connectivity index (χ3v) is 4.93. The molecule has 0 spiro atoms. The zero-order valence-electron chi connectivity index (χ0n) is 15.6. The first-order chi connectivity index (χ1) is 13.6. The van der Waals surface area contributed by atoms with E-state index in [2.05, 4.69) is 10.6 Å². The van der Waals surface area contributed by atoms with Gasteiger partial charge in [-0.25, -0.2) is 4.79 Å². The number of carbonyl (C=O) groups excluding carboxylic acids is 2. The van der Waals surface area contributed by atoms with Crippen LogP contribution in [0.2, 0.25) is 0 Å². The average Bonchev–Trinajstić information content (AvgIpc) is 3.50. The summed E-state index contributed by atoms with van der Waals surface area (Å²) in [7, 11) is 0. The minimum atomic E-state index is -0.282. The summed E-state index contributed by atoms with van der Waals surface area (Å²) in [5, 5.41) is 5.67. The largest absolute Gasteiger partial charge is 0.329 e. The van der Waals surface area contributed by atoms with Crippen LogP contribution in [0.4, 0.5) is 11.4 Å². The molecule has 0 unspecified atom stereocenters. The van der Waals surface area contributed by atoms with Crippen LogP contribution >= 0.6 is 0 Å². The van der Waals surface area contributed by atoms with Crippen molar-refractivity contribution in [1.29, 1.82) is 0 Å². The van der Waals surface area contributed by atoms with Crippen LogP contribution in [0.3, 0.4) is 0 Å². The Labute approximate surface area is 162 Å². The fourth-order valence-corrected chi connectivity index (χ4v) is 3.30. The van der Waals surface area contributed by atoms with Gasteiger partial charge in [-0.1, -0.05) is 12.1 Å². The number of hydrogen-bond donors (Lipinski definition) is 2. The molecule has 1 aliphatic rings. The zero-order valence-corrected chi connectivity index (χ0v) is 15.6. The van der Waals surface area contributed by atoms with E-state index >= 15 is 0 Å². The molecule has 1 aliphatic carbocycles. The molecule has 2 aromatic carbocycles. The van der Waals surface area contributed by atoms with Gasteiger partial charge in [0.15, 0.2) is 0 Å². The maximum Gasteiger partial charge on any atom is 0.329 e. The lowest BCUT2D eigenvalue weighted by molar-refractivity contribution is -0.117. The van der Waals surface area contributed by atoms with Crippen LogP contribution in [0.5, 0.6) is 0 Å². The fourth-order valence-electron chi connectivity index (χ4n) is 3.30. The second-order valence-corrected chi connectivity index (χ2v) is 6.99. The Kier molecular flexibility index (Phi) is 4.73. The van der Waals surface area contributed by atoms with Crippen molar-refractivity contribution in [1.82, 2.24) is 9.13 Å². The Morgan fingerprint density at radius 1 is 0.929 bits per heavy atom. The Morgan fingerprint density at radius 2 is 1.50 bits per heavy atom. The number of para-hydroxylation sites is 2. The van der Waals surface area contributed by atoms with Crippen molar-refractivity contribution in [2.24, 2.45) is 5.92 Å². The molecule has 0 atom stereocenters. The highest BCUT2D eigenvalue weighted by molar-refractivity contribution is 5.95. The van der Waals surface area contributed by atoms with Crippen molar-refractivity contribution >= 4 is 34.2 Å². The van der Waals surface area contributed by atoms with Gasteiger partial charge < -0.3 is 10.6 Å². The first-order valence-corrected chi connectivity index (χ1v) is 9.45. The van der Waals surface area contributed by atoms with Gasteiger partial charge in [-0.2, -0.15) is 0 Å². The number of amides is 2. The number of carbonyl (C=O) groups is 2. The van der Waals surface area contributed by atoms with E-state index in [4.69, 9.17) is 0 Å². The number of nitrogens with zero attached hydrogens (tertiary/aromatic N) is 2. The maximum absolute atomic E-state index is 12.6. The SMILES string of the molecule is CCn1c(=O)n(CC(=O)Nc2ccc(NC(=O)C3CC3)cc2)c2ccccc21. The van der Waals surface area contributed by atoms with E-state index in [1.54, 1.807) is 28.8 Å². The lowest BCUT2D eigenvalue weighted by Crippen LogP contribution is -2.29. The van der Waals surface area contributed by atoms with Crippen molar-refractivity contribution in [2.75, 3.05) is 10.6 Å². The number of aryl methyl sites for hydroxylation is 1. The van der Waals surface area contributed by atoms with E-state index < -0.39 is 0 Å². The molecule has 1 saturated carbocycles. The van der Waals surface area contributed by atoms with Gasteiger partial charge in [0, 0.05) is 23.8 Å². The number of nitrogens with one attached hydrogen (secondary N) is 2. The molecule has 0 saturated heterocycles. The number of hydrogen-bond acceptors (Lipinski definition) is 3. The summed E-state index contributed by atoms with van der Waals surface area (Å²) in [6.07, 6.45) is 1.90. The van der Waals surface area contributed by atoms with Crippen LogP contribution in [-0.4, -0.2) is 20.9 Å². The molecule has 3 aromatic rings. The highest BCUT2D eigenvalue weighted by Crippen LogP contribution is 2.30. The summed E-state index contributed by atoms with van der Waals surface area (Å²) in [6, 6.07) is 14.4. The normalized spacial score (nSPS) is 13.5. The van der Waals surface area contributed by atoms with Crippen LogP contribution in [0.15, 0.2) is 53.3 Å². The van der Waals surface area contributed by atoms with E-state index in [-0.39, 0.29) is 30.0 Å². The van der Waals surface area contributed by atoms with E-state index in [0.717, 1.165) is 23.9 Å². The summed E-state index contributed by atoms with van der Waals surface area (Å²) in [6.45, 7) is 2.39. The molecule has 2 amide bonds. The lowest BCUT2D eigenvalue weighted by atomic mass is 10.2. The second kappa shape index (κ2) is 7.34. The first-order valence-electron chi connectivity index (χ1n) is 9.45. The van der Waals surface area contributed by atoms with Gasteiger partial charge in [0.25, 0.3) is 0 Å². The molecule has 0 aliphatic heterocycles. The van der Waals surface area contributed by atoms with Gasteiger partial charge in [-0.3, -0.25) is 18.7 Å². The molecule has 28 heavy (non-hydrogen) atoms. The van der Waals surface area contributed by atoms with Crippen LogP contribution in [0, 0.1) is 5.92 Å². The molecular formula is C21H22N4O3. The number of imidazole rings is 1. The standard InChI is InChI=1S/C21H22N4O3/c1-2-24-17-5-3-4-6-18(17)25(21(24)28)13-19(26)22-15-9-11-16(12-10-15)23-20(27)14-7-8-14/h3-6,9-12,14H,2,7-8,13H2,1H3,(H,22,26)(H,23,27). The highest BCUT2D eigenvalue weighted by Gasteiger charge is 2.29. The Morgan fingerprint density at radius 3 is 2.07 bits per heavy atom. The van der Waals surface area contributed by atoms with Crippen LogP contribution in [0.1, 0.15) is 19.8 Å². The molecule has 0 bridgehead atoms. The van der Waals surface area contributed by atoms with Crippen LogP contribution < -0.4 is 16.3 Å². The molecule has 1 fully saturated rings. The average molecular weight is 378 g/mol. The van der Waals surface area contributed by atoms with Gasteiger partial charge in [-0.15, -0.1) is 0 Å². The summed E-state index contributed by atoms with van der Waals surface area (Å²) in [4.78, 5) is 36.9. The second-order valence-electron chi connectivity index (χ2n) is 6.99. The van der Waals surface area contributed by atoms with Crippen molar-refractivity contribution in [3.05, 3.63) is 59.0 Å². The molecule has 7 nitrogen and oxygen atoms in total. The van der Waals surface area contributed by atoms with E-state index in [9.17, 15) is 14.4 Å². The number of aromatic nitrogens is 2. The number of anilines is 2. The van der Waals surface area contributed by atoms with Crippen molar-refractivity contribution < 1.29 is 9.59 Å². The van der Waals surface area contributed by atoms with E-state index in [1.165, 1.54) is 4.57 Å². The minimum absolute atomic E-state index is 0.0449. The van der Waals surface area contributed by atoms with Gasteiger partial charge in [0.05, 0.1) is 11.0 Å². The summed E-state index contributed by atoms with van der Waals surface area (Å²) < 4.78 is 3.14. The smallest absolute Gasteiger partial charge is 0.326 e. The molecule has 2 N–H and O–H groups in total. The Bertz CT molecular complexity index is 1090. The molecule has 4 rings (SSSR count). The molecular weight excluding hydrogens is 356 g/mol. The maximum atomic E-state index is 12.6. The summed E-state index contributed by atoms with van der Waals surface area (Å²) >= 11 is 0. The van der Waals surface area contributed by atoms with Gasteiger partial charge >= 0.3 is 5.69 Å². The topological polar surface area (TPSA) is 85.1 Å².